The van der Waals surface area contributed by atoms with E-state index in [-0.39, 0.29) is 11.8 Å². The summed E-state index contributed by atoms with van der Waals surface area (Å²) >= 11 is 0. The highest BCUT2D eigenvalue weighted by Gasteiger charge is 2.25. The van der Waals surface area contributed by atoms with Gasteiger partial charge in [-0.05, 0) is 42.7 Å². The number of nitrogens with one attached hydrogen (secondary N) is 1. The number of rotatable bonds is 8. The first-order valence-electron chi connectivity index (χ1n) is 9.71. The van der Waals surface area contributed by atoms with Crippen molar-refractivity contribution in [3.8, 4) is 0 Å². The van der Waals surface area contributed by atoms with Crippen LogP contribution in [0.25, 0.3) is 0 Å². The lowest BCUT2D eigenvalue weighted by atomic mass is 9.91. The third-order valence-corrected chi connectivity index (χ3v) is 5.18. The number of anilines is 1. The van der Waals surface area contributed by atoms with E-state index < -0.39 is 0 Å². The van der Waals surface area contributed by atoms with Gasteiger partial charge in [-0.2, -0.15) is 5.10 Å². The molecule has 1 amide bonds. The molecule has 1 atom stereocenters. The number of aromatic nitrogens is 2. The average molecular weight is 359 g/mol. The van der Waals surface area contributed by atoms with Crippen molar-refractivity contribution in [3.05, 3.63) is 84.1 Å². The SMILES string of the molecule is O=C(Nc1ccnn1CC1CC1)C(CCc1ccccc1)c1ccccc1. The molecule has 138 valence electrons. The Labute approximate surface area is 160 Å². The van der Waals surface area contributed by atoms with Crippen LogP contribution in [0.2, 0.25) is 0 Å². The Bertz CT molecular complexity index is 869. The smallest absolute Gasteiger partial charge is 0.233 e. The van der Waals surface area contributed by atoms with Crippen molar-refractivity contribution in [2.75, 3.05) is 5.32 Å². The van der Waals surface area contributed by atoms with E-state index in [4.69, 9.17) is 0 Å². The molecular weight excluding hydrogens is 334 g/mol. The molecule has 1 unspecified atom stereocenters. The number of amides is 1. The summed E-state index contributed by atoms with van der Waals surface area (Å²) < 4.78 is 1.93. The molecule has 1 aromatic heterocycles. The highest BCUT2D eigenvalue weighted by Crippen LogP contribution is 2.31. The summed E-state index contributed by atoms with van der Waals surface area (Å²) in [6.07, 6.45) is 5.93. The van der Waals surface area contributed by atoms with E-state index in [0.29, 0.717) is 5.92 Å². The molecule has 0 aliphatic heterocycles. The van der Waals surface area contributed by atoms with Crippen molar-refractivity contribution >= 4 is 11.7 Å². The second-order valence-corrected chi connectivity index (χ2v) is 7.32. The van der Waals surface area contributed by atoms with Crippen LogP contribution in [0, 0.1) is 5.92 Å². The Kier molecular flexibility index (Phi) is 5.33. The molecule has 4 rings (SSSR count). The van der Waals surface area contributed by atoms with Crippen LogP contribution in [0.1, 0.15) is 36.3 Å². The van der Waals surface area contributed by atoms with Gasteiger partial charge in [0.1, 0.15) is 5.82 Å². The molecule has 3 aromatic rings. The number of hydrogen-bond donors (Lipinski definition) is 1. The number of hydrogen-bond acceptors (Lipinski definition) is 2. The summed E-state index contributed by atoms with van der Waals surface area (Å²) in [5.41, 5.74) is 2.31. The summed E-state index contributed by atoms with van der Waals surface area (Å²) in [6, 6.07) is 22.3. The molecule has 0 saturated heterocycles. The number of nitrogens with zero attached hydrogens (tertiary/aromatic N) is 2. The second-order valence-electron chi connectivity index (χ2n) is 7.32. The maximum atomic E-state index is 13.1. The molecule has 4 nitrogen and oxygen atoms in total. The van der Waals surface area contributed by atoms with Crippen molar-refractivity contribution in [1.82, 2.24) is 9.78 Å². The number of carbonyl (C=O) groups is 1. The van der Waals surface area contributed by atoms with E-state index in [2.05, 4.69) is 22.5 Å². The van der Waals surface area contributed by atoms with Crippen LogP contribution in [-0.2, 0) is 17.8 Å². The molecular formula is C23H25N3O. The highest BCUT2D eigenvalue weighted by atomic mass is 16.2. The summed E-state index contributed by atoms with van der Waals surface area (Å²) in [4.78, 5) is 13.1. The van der Waals surface area contributed by atoms with E-state index in [1.807, 2.05) is 59.3 Å². The molecule has 1 aliphatic carbocycles. The van der Waals surface area contributed by atoms with Gasteiger partial charge < -0.3 is 5.32 Å². The van der Waals surface area contributed by atoms with Crippen LogP contribution in [0.3, 0.4) is 0 Å². The molecule has 0 spiro atoms. The van der Waals surface area contributed by atoms with Crippen LogP contribution >= 0.6 is 0 Å². The van der Waals surface area contributed by atoms with E-state index in [1.165, 1.54) is 18.4 Å². The van der Waals surface area contributed by atoms with Gasteiger partial charge in [0, 0.05) is 12.6 Å². The minimum absolute atomic E-state index is 0.0367. The zero-order valence-electron chi connectivity index (χ0n) is 15.4. The normalized spacial score (nSPS) is 14.7. The molecule has 0 bridgehead atoms. The molecule has 1 saturated carbocycles. The van der Waals surface area contributed by atoms with Crippen molar-refractivity contribution < 1.29 is 4.79 Å². The van der Waals surface area contributed by atoms with Gasteiger partial charge in [0.2, 0.25) is 5.91 Å². The Morgan fingerprint density at radius 1 is 1.04 bits per heavy atom. The van der Waals surface area contributed by atoms with Crippen molar-refractivity contribution in [2.24, 2.45) is 5.92 Å². The highest BCUT2D eigenvalue weighted by molar-refractivity contribution is 5.95. The van der Waals surface area contributed by atoms with Gasteiger partial charge in [0.25, 0.3) is 0 Å². The molecule has 4 heteroatoms. The topological polar surface area (TPSA) is 46.9 Å². The third kappa shape index (κ3) is 4.64. The van der Waals surface area contributed by atoms with E-state index in [1.54, 1.807) is 6.20 Å². The van der Waals surface area contributed by atoms with Crippen LogP contribution in [0.4, 0.5) is 5.82 Å². The fraction of sp³-hybridized carbons (Fsp3) is 0.304. The summed E-state index contributed by atoms with van der Waals surface area (Å²) in [7, 11) is 0. The molecule has 0 radical (unpaired) electrons. The maximum Gasteiger partial charge on any atom is 0.233 e. The van der Waals surface area contributed by atoms with Gasteiger partial charge in [0.15, 0.2) is 0 Å². The number of carbonyl (C=O) groups excluding carboxylic acids is 1. The third-order valence-electron chi connectivity index (χ3n) is 5.18. The number of aryl methyl sites for hydroxylation is 1. The van der Waals surface area contributed by atoms with Crippen LogP contribution in [-0.4, -0.2) is 15.7 Å². The number of benzene rings is 2. The van der Waals surface area contributed by atoms with E-state index >= 15 is 0 Å². The fourth-order valence-electron chi connectivity index (χ4n) is 3.43. The minimum Gasteiger partial charge on any atom is -0.310 e. The summed E-state index contributed by atoms with van der Waals surface area (Å²) in [5.74, 6) is 1.36. The lowest BCUT2D eigenvalue weighted by molar-refractivity contribution is -0.117. The van der Waals surface area contributed by atoms with Gasteiger partial charge in [-0.3, -0.25) is 4.79 Å². The Morgan fingerprint density at radius 3 is 2.44 bits per heavy atom. The standard InChI is InChI=1S/C23H25N3O/c27-23(25-22-15-16-24-26(22)17-19-11-12-19)21(20-9-5-2-6-10-20)14-13-18-7-3-1-4-8-18/h1-10,15-16,19,21H,11-14,17H2,(H,25,27). The predicted molar refractivity (Wildman–Crippen MR) is 108 cm³/mol. The quantitative estimate of drug-likeness (QED) is 0.636. The first-order valence-corrected chi connectivity index (χ1v) is 9.71. The lowest BCUT2D eigenvalue weighted by Crippen LogP contribution is -2.23. The Morgan fingerprint density at radius 2 is 1.74 bits per heavy atom. The van der Waals surface area contributed by atoms with Gasteiger partial charge in [-0.1, -0.05) is 60.7 Å². The van der Waals surface area contributed by atoms with Gasteiger partial charge in [0.05, 0.1) is 12.1 Å². The van der Waals surface area contributed by atoms with Crippen molar-refractivity contribution in [3.63, 3.8) is 0 Å². The monoisotopic (exact) mass is 359 g/mol. The molecule has 1 heterocycles. The predicted octanol–water partition coefficient (Wildman–Crippen LogP) is 4.65. The molecule has 1 N–H and O–H groups in total. The Balaban J connectivity index is 1.49. The first-order chi connectivity index (χ1) is 13.3. The van der Waals surface area contributed by atoms with E-state index in [0.717, 1.165) is 30.8 Å². The molecule has 27 heavy (non-hydrogen) atoms. The summed E-state index contributed by atoms with van der Waals surface area (Å²) in [5, 5.41) is 7.50. The zero-order valence-corrected chi connectivity index (χ0v) is 15.4. The maximum absolute atomic E-state index is 13.1. The Hall–Kier alpha value is -2.88. The van der Waals surface area contributed by atoms with Crippen molar-refractivity contribution in [2.45, 2.75) is 38.1 Å². The molecule has 2 aromatic carbocycles. The zero-order chi connectivity index (χ0) is 18.5. The lowest BCUT2D eigenvalue weighted by Gasteiger charge is -2.18. The molecule has 1 aliphatic rings. The fourth-order valence-corrected chi connectivity index (χ4v) is 3.43. The van der Waals surface area contributed by atoms with Gasteiger partial charge in [-0.25, -0.2) is 4.68 Å². The second kappa shape index (κ2) is 8.21. The van der Waals surface area contributed by atoms with Crippen LogP contribution in [0.5, 0.6) is 0 Å². The summed E-state index contributed by atoms with van der Waals surface area (Å²) in [6.45, 7) is 0.892. The van der Waals surface area contributed by atoms with E-state index in [9.17, 15) is 4.79 Å². The van der Waals surface area contributed by atoms with Gasteiger partial charge in [-0.15, -0.1) is 0 Å². The van der Waals surface area contributed by atoms with Gasteiger partial charge >= 0.3 is 0 Å². The largest absolute Gasteiger partial charge is 0.310 e. The van der Waals surface area contributed by atoms with Crippen molar-refractivity contribution in [1.29, 1.82) is 0 Å². The first kappa shape index (κ1) is 17.5. The average Bonchev–Trinajstić information content (AvgIpc) is 3.42. The van der Waals surface area contributed by atoms with Crippen LogP contribution in [0.15, 0.2) is 72.9 Å². The molecule has 1 fully saturated rings. The minimum atomic E-state index is -0.185. The van der Waals surface area contributed by atoms with Crippen LogP contribution < -0.4 is 5.32 Å².